The fraction of sp³-hybridized carbons (Fsp3) is 0.462. The SMILES string of the molecule is C[C@H]1CC(C[C@H](Cc2ccccc2)C(=O)NCC(=O)O)CCC1(C)c1cccc(O)c1. The van der Waals surface area contributed by atoms with Crippen LogP contribution < -0.4 is 5.32 Å². The Morgan fingerprint density at radius 2 is 1.90 bits per heavy atom. The molecule has 1 aliphatic carbocycles. The Labute approximate surface area is 184 Å². The van der Waals surface area contributed by atoms with Crippen molar-refractivity contribution in [3.8, 4) is 5.75 Å². The minimum atomic E-state index is -1.03. The largest absolute Gasteiger partial charge is 0.508 e. The maximum atomic E-state index is 12.8. The van der Waals surface area contributed by atoms with Gasteiger partial charge in [-0.3, -0.25) is 9.59 Å². The van der Waals surface area contributed by atoms with Gasteiger partial charge in [-0.2, -0.15) is 0 Å². The van der Waals surface area contributed by atoms with Gasteiger partial charge in [-0.05, 0) is 72.6 Å². The molecule has 0 aromatic heterocycles. The molecule has 0 bridgehead atoms. The van der Waals surface area contributed by atoms with Gasteiger partial charge in [0.2, 0.25) is 5.91 Å². The first-order chi connectivity index (χ1) is 14.8. The normalized spacial score (nSPS) is 24.3. The van der Waals surface area contributed by atoms with Crippen LogP contribution in [0.2, 0.25) is 0 Å². The number of benzene rings is 2. The summed E-state index contributed by atoms with van der Waals surface area (Å²) in [4.78, 5) is 23.7. The summed E-state index contributed by atoms with van der Waals surface area (Å²) in [6.45, 7) is 4.18. The Kier molecular flexibility index (Phi) is 7.37. The van der Waals surface area contributed by atoms with E-state index in [9.17, 15) is 14.7 Å². The molecule has 0 heterocycles. The molecule has 1 saturated carbocycles. The molecule has 31 heavy (non-hydrogen) atoms. The van der Waals surface area contributed by atoms with Crippen LogP contribution in [0.25, 0.3) is 0 Å². The summed E-state index contributed by atoms with van der Waals surface area (Å²) >= 11 is 0. The lowest BCUT2D eigenvalue weighted by atomic mass is 9.61. The minimum Gasteiger partial charge on any atom is -0.508 e. The second kappa shape index (κ2) is 9.99. The van der Waals surface area contributed by atoms with Gasteiger partial charge >= 0.3 is 5.97 Å². The monoisotopic (exact) mass is 423 g/mol. The van der Waals surface area contributed by atoms with Crippen LogP contribution in [0.4, 0.5) is 0 Å². The second-order valence-electron chi connectivity index (χ2n) is 9.24. The predicted molar refractivity (Wildman–Crippen MR) is 121 cm³/mol. The number of hydrogen-bond donors (Lipinski definition) is 3. The number of carboxylic acids is 1. The van der Waals surface area contributed by atoms with E-state index in [1.807, 2.05) is 42.5 Å². The van der Waals surface area contributed by atoms with Gasteiger partial charge in [-0.15, -0.1) is 0 Å². The van der Waals surface area contributed by atoms with Gasteiger partial charge in [0.25, 0.3) is 0 Å². The fourth-order valence-electron chi connectivity index (χ4n) is 5.02. The molecule has 0 radical (unpaired) electrons. The van der Waals surface area contributed by atoms with E-state index < -0.39 is 5.97 Å². The molecule has 166 valence electrons. The molecule has 2 aromatic carbocycles. The third kappa shape index (κ3) is 5.87. The van der Waals surface area contributed by atoms with Gasteiger partial charge in [0, 0.05) is 5.92 Å². The van der Waals surface area contributed by atoms with Crippen molar-refractivity contribution in [1.82, 2.24) is 5.32 Å². The maximum Gasteiger partial charge on any atom is 0.322 e. The standard InChI is InChI=1S/C26H33NO4/c1-18-13-20(11-12-26(18,2)22-9-6-10-23(28)16-22)15-21(25(31)27-17-24(29)30)14-19-7-4-3-5-8-19/h3-10,16,18,20-21,28H,11-15,17H2,1-2H3,(H,27,31)(H,29,30)/t18-,20?,21-,26?/m0/s1. The Bertz CT molecular complexity index is 897. The number of hydrogen-bond acceptors (Lipinski definition) is 3. The van der Waals surface area contributed by atoms with Crippen molar-refractivity contribution in [2.24, 2.45) is 17.8 Å². The number of carbonyl (C=O) groups is 2. The highest BCUT2D eigenvalue weighted by molar-refractivity contribution is 5.83. The van der Waals surface area contributed by atoms with Crippen LogP contribution in [-0.2, 0) is 21.4 Å². The third-order valence-corrected chi connectivity index (χ3v) is 7.08. The zero-order chi connectivity index (χ0) is 22.4. The number of phenols is 1. The van der Waals surface area contributed by atoms with Gasteiger partial charge in [0.15, 0.2) is 0 Å². The van der Waals surface area contributed by atoms with E-state index in [-0.39, 0.29) is 23.8 Å². The molecule has 4 atom stereocenters. The highest BCUT2D eigenvalue weighted by Crippen LogP contribution is 2.47. The number of aromatic hydroxyl groups is 1. The number of aliphatic carboxylic acids is 1. The summed E-state index contributed by atoms with van der Waals surface area (Å²) in [7, 11) is 0. The number of carboxylic acid groups (broad SMARTS) is 1. The van der Waals surface area contributed by atoms with Crippen LogP contribution in [0.3, 0.4) is 0 Å². The summed E-state index contributed by atoms with van der Waals surface area (Å²) in [5.74, 6) is -0.340. The average molecular weight is 424 g/mol. The lowest BCUT2D eigenvalue weighted by molar-refractivity contribution is -0.138. The van der Waals surface area contributed by atoms with Crippen molar-refractivity contribution in [2.45, 2.75) is 51.4 Å². The number of amides is 1. The first-order valence-corrected chi connectivity index (χ1v) is 11.1. The van der Waals surface area contributed by atoms with Crippen LogP contribution in [0.1, 0.15) is 50.7 Å². The summed E-state index contributed by atoms with van der Waals surface area (Å²) in [6, 6.07) is 17.5. The number of carbonyl (C=O) groups excluding carboxylic acids is 1. The molecule has 1 amide bonds. The predicted octanol–water partition coefficient (Wildman–Crippen LogP) is 4.54. The number of nitrogens with one attached hydrogen (secondary N) is 1. The molecule has 3 rings (SSSR count). The lowest BCUT2D eigenvalue weighted by Crippen LogP contribution is -2.39. The van der Waals surface area contributed by atoms with Crippen molar-refractivity contribution in [1.29, 1.82) is 0 Å². The average Bonchev–Trinajstić information content (AvgIpc) is 2.75. The zero-order valence-corrected chi connectivity index (χ0v) is 18.4. The third-order valence-electron chi connectivity index (χ3n) is 7.08. The second-order valence-corrected chi connectivity index (χ2v) is 9.24. The molecular formula is C26H33NO4. The van der Waals surface area contributed by atoms with Gasteiger partial charge < -0.3 is 15.5 Å². The summed E-state index contributed by atoms with van der Waals surface area (Å²) in [5.41, 5.74) is 2.25. The molecule has 0 aliphatic heterocycles. The fourth-order valence-corrected chi connectivity index (χ4v) is 5.02. The molecule has 5 heteroatoms. The highest BCUT2D eigenvalue weighted by Gasteiger charge is 2.39. The van der Waals surface area contributed by atoms with E-state index in [4.69, 9.17) is 5.11 Å². The van der Waals surface area contributed by atoms with Gasteiger partial charge in [0.05, 0.1) is 0 Å². The molecule has 2 unspecified atom stereocenters. The molecule has 0 saturated heterocycles. The Morgan fingerprint density at radius 1 is 1.16 bits per heavy atom. The van der Waals surface area contributed by atoms with Crippen molar-refractivity contribution >= 4 is 11.9 Å². The molecule has 2 aromatic rings. The minimum absolute atomic E-state index is 0.00423. The van der Waals surface area contributed by atoms with Crippen LogP contribution in [-0.4, -0.2) is 28.6 Å². The first-order valence-electron chi connectivity index (χ1n) is 11.1. The van der Waals surface area contributed by atoms with Crippen molar-refractivity contribution in [2.75, 3.05) is 6.54 Å². The molecule has 1 fully saturated rings. The van der Waals surface area contributed by atoms with Gasteiger partial charge in [-0.1, -0.05) is 56.3 Å². The number of rotatable bonds is 8. The number of phenolic OH excluding ortho intramolecular Hbond substituents is 1. The van der Waals surface area contributed by atoms with Crippen molar-refractivity contribution in [3.63, 3.8) is 0 Å². The van der Waals surface area contributed by atoms with E-state index in [0.29, 0.717) is 24.0 Å². The lowest BCUT2D eigenvalue weighted by Gasteiger charge is -2.44. The van der Waals surface area contributed by atoms with Crippen LogP contribution in [0.15, 0.2) is 54.6 Å². The smallest absolute Gasteiger partial charge is 0.322 e. The molecular weight excluding hydrogens is 390 g/mol. The molecule has 5 nitrogen and oxygen atoms in total. The van der Waals surface area contributed by atoms with Crippen molar-refractivity contribution < 1.29 is 19.8 Å². The zero-order valence-electron chi connectivity index (χ0n) is 18.4. The van der Waals surface area contributed by atoms with E-state index in [1.165, 1.54) is 5.56 Å². The molecule has 1 aliphatic rings. The van der Waals surface area contributed by atoms with Crippen LogP contribution >= 0.6 is 0 Å². The van der Waals surface area contributed by atoms with E-state index in [1.54, 1.807) is 6.07 Å². The maximum absolute atomic E-state index is 12.8. The van der Waals surface area contributed by atoms with Gasteiger partial charge in [0.1, 0.15) is 12.3 Å². The van der Waals surface area contributed by atoms with E-state index >= 15 is 0 Å². The first kappa shape index (κ1) is 22.9. The summed E-state index contributed by atoms with van der Waals surface area (Å²) in [5, 5.41) is 21.4. The van der Waals surface area contributed by atoms with Crippen LogP contribution in [0.5, 0.6) is 5.75 Å². The van der Waals surface area contributed by atoms with Gasteiger partial charge in [-0.25, -0.2) is 0 Å². The topological polar surface area (TPSA) is 86.6 Å². The summed E-state index contributed by atoms with van der Waals surface area (Å²) in [6.07, 6.45) is 4.37. The molecule has 3 N–H and O–H groups in total. The Hall–Kier alpha value is -2.82. The highest BCUT2D eigenvalue weighted by atomic mass is 16.4. The van der Waals surface area contributed by atoms with E-state index in [2.05, 4.69) is 25.2 Å². The van der Waals surface area contributed by atoms with Crippen molar-refractivity contribution in [3.05, 3.63) is 65.7 Å². The Morgan fingerprint density at radius 3 is 2.55 bits per heavy atom. The van der Waals surface area contributed by atoms with Crippen LogP contribution in [0, 0.1) is 17.8 Å². The van der Waals surface area contributed by atoms with E-state index in [0.717, 1.165) is 31.2 Å². The Balaban J connectivity index is 1.69. The quantitative estimate of drug-likeness (QED) is 0.582. The molecule has 0 spiro atoms. The summed E-state index contributed by atoms with van der Waals surface area (Å²) < 4.78 is 0.